The Morgan fingerprint density at radius 3 is 2.85 bits per heavy atom. The molecule has 0 aliphatic rings. The monoisotopic (exact) mass is 357 g/mol. The normalized spacial score (nSPS) is 10.8. The van der Waals surface area contributed by atoms with Gasteiger partial charge in [-0.25, -0.2) is 9.37 Å². The second-order valence-electron chi connectivity index (χ2n) is 5.70. The molecule has 2 aromatic heterocycles. The number of fused-ring (bicyclic) bond motifs is 1. The number of unbranched alkanes of at least 4 members (excludes halogenated alkanes) is 1. The number of nitrogens with zero attached hydrogens (tertiary/aromatic N) is 4. The van der Waals surface area contributed by atoms with E-state index >= 15 is 0 Å². The zero-order valence-corrected chi connectivity index (χ0v) is 14.0. The SMILES string of the molecule is CCCCn1c(=O)ccc2cnc(Nc3cc([N+](=O)[O-])ccc3F)nc21. The van der Waals surface area contributed by atoms with E-state index in [4.69, 9.17) is 0 Å². The largest absolute Gasteiger partial charge is 0.321 e. The summed E-state index contributed by atoms with van der Waals surface area (Å²) in [4.78, 5) is 30.8. The van der Waals surface area contributed by atoms with Crippen molar-refractivity contribution in [3.05, 3.63) is 62.8 Å². The maximum atomic E-state index is 13.9. The first-order valence-electron chi connectivity index (χ1n) is 8.07. The molecule has 2 heterocycles. The summed E-state index contributed by atoms with van der Waals surface area (Å²) in [6, 6.07) is 6.22. The van der Waals surface area contributed by atoms with Gasteiger partial charge in [-0.05, 0) is 18.6 Å². The molecule has 1 N–H and O–H groups in total. The first kappa shape index (κ1) is 17.5. The molecule has 26 heavy (non-hydrogen) atoms. The van der Waals surface area contributed by atoms with E-state index in [-0.39, 0.29) is 22.9 Å². The molecule has 0 saturated carbocycles. The number of nitro groups is 1. The number of nitro benzene ring substituents is 1. The van der Waals surface area contributed by atoms with E-state index in [1.807, 2.05) is 6.92 Å². The van der Waals surface area contributed by atoms with E-state index in [0.29, 0.717) is 17.6 Å². The van der Waals surface area contributed by atoms with Crippen LogP contribution in [0.5, 0.6) is 0 Å². The number of rotatable bonds is 6. The summed E-state index contributed by atoms with van der Waals surface area (Å²) in [5, 5.41) is 14.2. The molecule has 0 radical (unpaired) electrons. The van der Waals surface area contributed by atoms with Crippen LogP contribution in [0.1, 0.15) is 19.8 Å². The maximum Gasteiger partial charge on any atom is 0.271 e. The van der Waals surface area contributed by atoms with Crippen LogP contribution in [0.4, 0.5) is 21.7 Å². The highest BCUT2D eigenvalue weighted by atomic mass is 19.1. The summed E-state index contributed by atoms with van der Waals surface area (Å²) in [7, 11) is 0. The summed E-state index contributed by atoms with van der Waals surface area (Å²) >= 11 is 0. The first-order valence-corrected chi connectivity index (χ1v) is 8.07. The highest BCUT2D eigenvalue weighted by molar-refractivity contribution is 5.75. The molecule has 0 saturated heterocycles. The lowest BCUT2D eigenvalue weighted by Crippen LogP contribution is -2.20. The predicted octanol–water partition coefficient (Wildman–Crippen LogP) is 3.38. The first-order chi connectivity index (χ1) is 12.5. The molecule has 0 amide bonds. The van der Waals surface area contributed by atoms with Gasteiger partial charge in [0, 0.05) is 36.3 Å². The Kier molecular flexibility index (Phi) is 4.87. The van der Waals surface area contributed by atoms with Crippen molar-refractivity contribution in [3.8, 4) is 0 Å². The third-order valence-electron chi connectivity index (χ3n) is 3.87. The topological polar surface area (TPSA) is 103 Å². The fourth-order valence-corrected chi connectivity index (χ4v) is 2.51. The Balaban J connectivity index is 2.03. The Morgan fingerprint density at radius 2 is 2.12 bits per heavy atom. The Labute approximate surface area is 147 Å². The van der Waals surface area contributed by atoms with Crippen molar-refractivity contribution < 1.29 is 9.31 Å². The zero-order chi connectivity index (χ0) is 18.7. The molecule has 0 unspecified atom stereocenters. The molecule has 134 valence electrons. The third kappa shape index (κ3) is 3.51. The average Bonchev–Trinajstić information content (AvgIpc) is 2.62. The smallest absolute Gasteiger partial charge is 0.271 e. The number of pyridine rings is 1. The maximum absolute atomic E-state index is 13.9. The lowest BCUT2D eigenvalue weighted by atomic mass is 10.2. The molecule has 0 aliphatic carbocycles. The van der Waals surface area contributed by atoms with Gasteiger partial charge in [-0.2, -0.15) is 4.98 Å². The second-order valence-corrected chi connectivity index (χ2v) is 5.70. The van der Waals surface area contributed by atoms with E-state index in [1.165, 1.54) is 16.8 Å². The fourth-order valence-electron chi connectivity index (χ4n) is 2.51. The van der Waals surface area contributed by atoms with Crippen molar-refractivity contribution >= 4 is 28.4 Å². The molecule has 3 rings (SSSR count). The van der Waals surface area contributed by atoms with Gasteiger partial charge >= 0.3 is 0 Å². The van der Waals surface area contributed by atoms with Gasteiger partial charge in [0.05, 0.1) is 10.6 Å². The van der Waals surface area contributed by atoms with Gasteiger partial charge in [-0.15, -0.1) is 0 Å². The minimum absolute atomic E-state index is 0.0488. The summed E-state index contributed by atoms with van der Waals surface area (Å²) < 4.78 is 15.5. The van der Waals surface area contributed by atoms with Gasteiger partial charge in [-0.3, -0.25) is 19.5 Å². The van der Waals surface area contributed by atoms with E-state index in [0.717, 1.165) is 31.0 Å². The molecule has 0 fully saturated rings. The van der Waals surface area contributed by atoms with Gasteiger partial charge in [0.25, 0.3) is 11.2 Å². The fraction of sp³-hybridized carbons (Fsp3) is 0.235. The number of aromatic nitrogens is 3. The lowest BCUT2D eigenvalue weighted by molar-refractivity contribution is -0.384. The van der Waals surface area contributed by atoms with Gasteiger partial charge in [-0.1, -0.05) is 13.3 Å². The zero-order valence-electron chi connectivity index (χ0n) is 14.0. The van der Waals surface area contributed by atoms with Crippen LogP contribution < -0.4 is 10.9 Å². The van der Waals surface area contributed by atoms with Gasteiger partial charge < -0.3 is 5.32 Å². The summed E-state index contributed by atoms with van der Waals surface area (Å²) in [5.41, 5.74) is -0.127. The lowest BCUT2D eigenvalue weighted by Gasteiger charge is -2.11. The molecular weight excluding hydrogens is 341 g/mol. The van der Waals surface area contributed by atoms with Crippen LogP contribution >= 0.6 is 0 Å². The molecular formula is C17H16FN5O3. The van der Waals surface area contributed by atoms with Crippen molar-refractivity contribution in [2.24, 2.45) is 0 Å². The molecule has 0 aliphatic heterocycles. The van der Waals surface area contributed by atoms with Crippen LogP contribution in [0.15, 0.2) is 41.3 Å². The number of non-ortho nitro benzene ring substituents is 1. The standard InChI is InChI=1S/C17H16FN5O3/c1-2-3-8-22-15(24)7-4-11-10-19-17(21-16(11)22)20-14-9-12(23(25)26)5-6-13(14)18/h4-7,9-10H,2-3,8H2,1H3,(H,19,20,21). The van der Waals surface area contributed by atoms with Crippen molar-refractivity contribution in [1.82, 2.24) is 14.5 Å². The van der Waals surface area contributed by atoms with Crippen LogP contribution in [0.2, 0.25) is 0 Å². The Morgan fingerprint density at radius 1 is 1.31 bits per heavy atom. The van der Waals surface area contributed by atoms with Crippen LogP contribution in [0.3, 0.4) is 0 Å². The summed E-state index contributed by atoms with van der Waals surface area (Å²) in [5.74, 6) is -0.622. The van der Waals surface area contributed by atoms with Crippen LogP contribution in [-0.2, 0) is 6.54 Å². The van der Waals surface area contributed by atoms with E-state index in [1.54, 1.807) is 6.07 Å². The molecule has 9 heteroatoms. The average molecular weight is 357 g/mol. The molecule has 0 atom stereocenters. The molecule has 0 bridgehead atoms. The number of benzene rings is 1. The van der Waals surface area contributed by atoms with Gasteiger partial charge in [0.15, 0.2) is 0 Å². The van der Waals surface area contributed by atoms with E-state index < -0.39 is 10.7 Å². The van der Waals surface area contributed by atoms with Crippen LogP contribution in [0, 0.1) is 15.9 Å². The van der Waals surface area contributed by atoms with Crippen LogP contribution in [-0.4, -0.2) is 19.5 Å². The number of hydrogen-bond donors (Lipinski definition) is 1. The molecule has 0 spiro atoms. The highest BCUT2D eigenvalue weighted by Crippen LogP contribution is 2.24. The summed E-state index contributed by atoms with van der Waals surface area (Å²) in [6.07, 6.45) is 3.24. The van der Waals surface area contributed by atoms with Gasteiger partial charge in [0.2, 0.25) is 5.95 Å². The second kappa shape index (κ2) is 7.26. The number of anilines is 2. The quantitative estimate of drug-likeness (QED) is 0.536. The number of nitrogens with one attached hydrogen (secondary N) is 1. The Hall–Kier alpha value is -3.36. The van der Waals surface area contributed by atoms with E-state index in [2.05, 4.69) is 15.3 Å². The molecule has 3 aromatic rings. The number of halogens is 1. The minimum atomic E-state index is -0.671. The van der Waals surface area contributed by atoms with Gasteiger partial charge in [0.1, 0.15) is 11.5 Å². The molecule has 1 aromatic carbocycles. The van der Waals surface area contributed by atoms with Crippen molar-refractivity contribution in [2.75, 3.05) is 5.32 Å². The van der Waals surface area contributed by atoms with Crippen LogP contribution in [0.25, 0.3) is 11.0 Å². The third-order valence-corrected chi connectivity index (χ3v) is 3.87. The predicted molar refractivity (Wildman–Crippen MR) is 95.0 cm³/mol. The number of hydrogen-bond acceptors (Lipinski definition) is 6. The minimum Gasteiger partial charge on any atom is -0.321 e. The molecule has 8 nitrogen and oxygen atoms in total. The van der Waals surface area contributed by atoms with E-state index in [9.17, 15) is 19.3 Å². The highest BCUT2D eigenvalue weighted by Gasteiger charge is 2.13. The van der Waals surface area contributed by atoms with Crippen molar-refractivity contribution in [1.29, 1.82) is 0 Å². The number of aryl methyl sites for hydroxylation is 1. The Bertz CT molecular complexity index is 1030. The van der Waals surface area contributed by atoms with Crippen molar-refractivity contribution in [3.63, 3.8) is 0 Å². The summed E-state index contributed by atoms with van der Waals surface area (Å²) in [6.45, 7) is 2.53. The van der Waals surface area contributed by atoms with Crippen molar-refractivity contribution in [2.45, 2.75) is 26.3 Å².